The second-order valence-electron chi connectivity index (χ2n) is 3.68. The van der Waals surface area contributed by atoms with E-state index in [2.05, 4.69) is 11.1 Å². The Morgan fingerprint density at radius 3 is 2.88 bits per heavy atom. The van der Waals surface area contributed by atoms with E-state index in [1.165, 1.54) is 11.8 Å². The summed E-state index contributed by atoms with van der Waals surface area (Å²) in [5.74, 6) is -0.234. The Morgan fingerprint density at radius 2 is 2.29 bits per heavy atom. The molecule has 0 amide bonds. The van der Waals surface area contributed by atoms with Crippen molar-refractivity contribution in [3.63, 3.8) is 0 Å². The Hall–Kier alpha value is -1.54. The molecule has 0 saturated heterocycles. The number of carboxylic acids is 1. The van der Waals surface area contributed by atoms with Gasteiger partial charge in [0, 0.05) is 17.9 Å². The minimum absolute atomic E-state index is 0.276. The van der Waals surface area contributed by atoms with Gasteiger partial charge in [0.2, 0.25) is 0 Å². The van der Waals surface area contributed by atoms with Crippen molar-refractivity contribution in [2.75, 3.05) is 5.75 Å². The Kier molecular flexibility index (Phi) is 4.98. The van der Waals surface area contributed by atoms with E-state index in [0.29, 0.717) is 17.2 Å². The monoisotopic (exact) mass is 250 g/mol. The molecule has 4 nitrogen and oxygen atoms in total. The zero-order chi connectivity index (χ0) is 12.8. The zero-order valence-electron chi connectivity index (χ0n) is 9.86. The van der Waals surface area contributed by atoms with Gasteiger partial charge in [-0.25, -0.2) is 9.78 Å². The predicted molar refractivity (Wildman–Crippen MR) is 66.2 cm³/mol. The first kappa shape index (κ1) is 13.5. The number of thioether (sulfide) groups is 1. The maximum atomic E-state index is 11.1. The summed E-state index contributed by atoms with van der Waals surface area (Å²) < 4.78 is 0. The van der Waals surface area contributed by atoms with Crippen LogP contribution in [-0.4, -0.2) is 21.8 Å². The molecule has 0 aliphatic carbocycles. The lowest BCUT2D eigenvalue weighted by Crippen LogP contribution is -2.05. The maximum Gasteiger partial charge on any atom is 0.338 e. The van der Waals surface area contributed by atoms with Gasteiger partial charge in [-0.05, 0) is 31.9 Å². The van der Waals surface area contributed by atoms with Crippen molar-refractivity contribution in [3.8, 4) is 6.07 Å². The summed E-state index contributed by atoms with van der Waals surface area (Å²) in [6, 6.07) is 3.83. The average molecular weight is 250 g/mol. The second kappa shape index (κ2) is 6.26. The van der Waals surface area contributed by atoms with Crippen molar-refractivity contribution in [3.05, 3.63) is 22.9 Å². The van der Waals surface area contributed by atoms with Crippen LogP contribution in [0.25, 0.3) is 0 Å². The molecular weight excluding hydrogens is 236 g/mol. The first-order valence-electron chi connectivity index (χ1n) is 5.27. The number of unbranched alkanes of at least 4 members (excludes halogenated alkanes) is 1. The number of aromatic carboxylic acids is 1. The quantitative estimate of drug-likeness (QED) is 0.642. The molecule has 0 fully saturated rings. The number of carboxylic acid groups (broad SMARTS) is 1. The fourth-order valence-electron chi connectivity index (χ4n) is 1.49. The van der Waals surface area contributed by atoms with E-state index in [4.69, 9.17) is 10.4 Å². The third-order valence-electron chi connectivity index (χ3n) is 2.20. The summed E-state index contributed by atoms with van der Waals surface area (Å²) in [7, 11) is 0. The third-order valence-corrected chi connectivity index (χ3v) is 3.26. The number of hydrogen-bond acceptors (Lipinski definition) is 4. The van der Waals surface area contributed by atoms with Gasteiger partial charge < -0.3 is 5.11 Å². The van der Waals surface area contributed by atoms with Crippen LogP contribution >= 0.6 is 11.8 Å². The van der Waals surface area contributed by atoms with Gasteiger partial charge in [-0.15, -0.1) is 11.8 Å². The minimum Gasteiger partial charge on any atom is -0.478 e. The molecule has 90 valence electrons. The van der Waals surface area contributed by atoms with Gasteiger partial charge >= 0.3 is 5.97 Å². The molecule has 1 aromatic heterocycles. The lowest BCUT2D eigenvalue weighted by atomic mass is 10.1. The fourth-order valence-corrected chi connectivity index (χ4v) is 2.57. The molecular formula is C12H14N2O2S. The van der Waals surface area contributed by atoms with E-state index >= 15 is 0 Å². The van der Waals surface area contributed by atoms with Crippen LogP contribution in [0.15, 0.2) is 11.1 Å². The number of nitriles is 1. The molecule has 0 spiro atoms. The Morgan fingerprint density at radius 1 is 1.59 bits per heavy atom. The molecule has 0 bridgehead atoms. The number of aromatic nitrogens is 1. The summed E-state index contributed by atoms with van der Waals surface area (Å²) in [6.07, 6.45) is 1.23. The zero-order valence-corrected chi connectivity index (χ0v) is 10.7. The Balaban J connectivity index is 2.89. The van der Waals surface area contributed by atoms with Crippen LogP contribution in [0.5, 0.6) is 0 Å². The molecule has 0 saturated carbocycles. The van der Waals surface area contributed by atoms with Gasteiger partial charge in [0.15, 0.2) is 0 Å². The third kappa shape index (κ3) is 3.75. The van der Waals surface area contributed by atoms with E-state index in [0.717, 1.165) is 17.7 Å². The van der Waals surface area contributed by atoms with Crippen LogP contribution in [-0.2, 0) is 0 Å². The Labute approximate surface area is 105 Å². The molecule has 1 rings (SSSR count). The number of carbonyl (C=O) groups is 1. The SMILES string of the molecule is Cc1cc(C)c(C(=O)O)c(SCCCC#N)n1. The lowest BCUT2D eigenvalue weighted by Gasteiger charge is -2.08. The molecule has 0 atom stereocenters. The van der Waals surface area contributed by atoms with Gasteiger partial charge in [-0.2, -0.15) is 5.26 Å². The molecule has 17 heavy (non-hydrogen) atoms. The fraction of sp³-hybridized carbons (Fsp3) is 0.417. The predicted octanol–water partition coefficient (Wildman–Crippen LogP) is 2.79. The van der Waals surface area contributed by atoms with Gasteiger partial charge in [-0.3, -0.25) is 0 Å². The van der Waals surface area contributed by atoms with Crippen LogP contribution in [0, 0.1) is 25.2 Å². The number of rotatable bonds is 5. The first-order valence-corrected chi connectivity index (χ1v) is 6.26. The lowest BCUT2D eigenvalue weighted by molar-refractivity contribution is 0.0691. The van der Waals surface area contributed by atoms with Gasteiger partial charge in [0.25, 0.3) is 0 Å². The van der Waals surface area contributed by atoms with Crippen LogP contribution in [0.1, 0.15) is 34.5 Å². The average Bonchev–Trinajstić information content (AvgIpc) is 2.22. The normalized spacial score (nSPS) is 9.94. The summed E-state index contributed by atoms with van der Waals surface area (Å²) in [5.41, 5.74) is 1.82. The molecule has 0 radical (unpaired) electrons. The molecule has 0 aromatic carbocycles. The highest BCUT2D eigenvalue weighted by molar-refractivity contribution is 7.99. The minimum atomic E-state index is -0.946. The van der Waals surface area contributed by atoms with E-state index in [1.54, 1.807) is 13.0 Å². The molecule has 0 unspecified atom stereocenters. The highest BCUT2D eigenvalue weighted by Crippen LogP contribution is 2.25. The number of hydrogen-bond donors (Lipinski definition) is 1. The van der Waals surface area contributed by atoms with Crippen molar-refractivity contribution in [1.82, 2.24) is 4.98 Å². The van der Waals surface area contributed by atoms with E-state index in [1.807, 2.05) is 6.92 Å². The van der Waals surface area contributed by atoms with E-state index < -0.39 is 5.97 Å². The van der Waals surface area contributed by atoms with Gasteiger partial charge in [0.05, 0.1) is 11.6 Å². The number of nitrogens with zero attached hydrogens (tertiary/aromatic N) is 2. The van der Waals surface area contributed by atoms with Crippen molar-refractivity contribution in [1.29, 1.82) is 5.26 Å². The van der Waals surface area contributed by atoms with Crippen LogP contribution in [0.2, 0.25) is 0 Å². The second-order valence-corrected chi connectivity index (χ2v) is 4.76. The topological polar surface area (TPSA) is 74.0 Å². The molecule has 0 aliphatic heterocycles. The number of pyridine rings is 1. The van der Waals surface area contributed by atoms with Crippen molar-refractivity contribution < 1.29 is 9.90 Å². The molecule has 0 aliphatic rings. The first-order chi connectivity index (χ1) is 8.06. The molecule has 1 heterocycles. The summed E-state index contributed by atoms with van der Waals surface area (Å²) in [6.45, 7) is 3.62. The van der Waals surface area contributed by atoms with Crippen LogP contribution in [0.4, 0.5) is 0 Å². The highest BCUT2D eigenvalue weighted by atomic mass is 32.2. The standard InChI is InChI=1S/C12H14N2O2S/c1-8-7-9(2)14-11(10(8)12(15)16)17-6-4-3-5-13/h7H,3-4,6H2,1-2H3,(H,15,16). The highest BCUT2D eigenvalue weighted by Gasteiger charge is 2.15. The largest absolute Gasteiger partial charge is 0.478 e. The summed E-state index contributed by atoms with van der Waals surface area (Å²) in [4.78, 5) is 15.4. The number of aryl methyl sites for hydroxylation is 2. The molecule has 1 aromatic rings. The summed E-state index contributed by atoms with van der Waals surface area (Å²) >= 11 is 1.40. The van der Waals surface area contributed by atoms with E-state index in [-0.39, 0.29) is 5.56 Å². The summed E-state index contributed by atoms with van der Waals surface area (Å²) in [5, 5.41) is 18.1. The molecule has 5 heteroatoms. The molecule has 1 N–H and O–H groups in total. The van der Waals surface area contributed by atoms with Crippen molar-refractivity contribution >= 4 is 17.7 Å². The maximum absolute atomic E-state index is 11.1. The van der Waals surface area contributed by atoms with Crippen LogP contribution < -0.4 is 0 Å². The van der Waals surface area contributed by atoms with Gasteiger partial charge in [-0.1, -0.05) is 0 Å². The Bertz CT molecular complexity index is 466. The van der Waals surface area contributed by atoms with Crippen molar-refractivity contribution in [2.24, 2.45) is 0 Å². The van der Waals surface area contributed by atoms with E-state index in [9.17, 15) is 4.79 Å². The van der Waals surface area contributed by atoms with Crippen molar-refractivity contribution in [2.45, 2.75) is 31.7 Å². The van der Waals surface area contributed by atoms with Crippen LogP contribution in [0.3, 0.4) is 0 Å². The smallest absolute Gasteiger partial charge is 0.338 e. The van der Waals surface area contributed by atoms with Gasteiger partial charge in [0.1, 0.15) is 5.03 Å².